The van der Waals surface area contributed by atoms with Crippen LogP contribution in [0.3, 0.4) is 0 Å². The Bertz CT molecular complexity index is 876. The lowest BCUT2D eigenvalue weighted by Gasteiger charge is -2.01. The van der Waals surface area contributed by atoms with Gasteiger partial charge in [0.2, 0.25) is 0 Å². The Morgan fingerprint density at radius 3 is 2.63 bits per heavy atom. The van der Waals surface area contributed by atoms with Crippen LogP contribution in [0, 0.1) is 0 Å². The van der Waals surface area contributed by atoms with Crippen molar-refractivity contribution < 1.29 is 0 Å². The van der Waals surface area contributed by atoms with Crippen LogP contribution in [0.15, 0.2) is 42.5 Å². The molecule has 0 bridgehead atoms. The summed E-state index contributed by atoms with van der Waals surface area (Å²) in [6.07, 6.45) is 0. The molecule has 0 aliphatic carbocycles. The number of aryl methyl sites for hydroxylation is 1. The van der Waals surface area contributed by atoms with Crippen LogP contribution in [0.1, 0.15) is 0 Å². The SMILES string of the molecule is Cn1c(-c2ccccc2)nc2c3nsnc3ccc21. The van der Waals surface area contributed by atoms with Crippen LogP contribution in [0.25, 0.3) is 33.5 Å². The Hall–Kier alpha value is -2.27. The van der Waals surface area contributed by atoms with Gasteiger partial charge in [0.05, 0.1) is 17.2 Å². The number of hydrogen-bond acceptors (Lipinski definition) is 4. The summed E-state index contributed by atoms with van der Waals surface area (Å²) in [6, 6.07) is 14.2. The van der Waals surface area contributed by atoms with Gasteiger partial charge in [0, 0.05) is 12.6 Å². The van der Waals surface area contributed by atoms with Gasteiger partial charge in [-0.05, 0) is 12.1 Å². The third-order valence-electron chi connectivity index (χ3n) is 3.31. The molecule has 0 spiro atoms. The van der Waals surface area contributed by atoms with Gasteiger partial charge in [0.25, 0.3) is 0 Å². The molecular weight excluding hydrogens is 256 g/mol. The van der Waals surface area contributed by atoms with Crippen molar-refractivity contribution in [2.75, 3.05) is 0 Å². The topological polar surface area (TPSA) is 43.6 Å². The first-order valence-corrected chi connectivity index (χ1v) is 6.71. The van der Waals surface area contributed by atoms with Gasteiger partial charge in [0.1, 0.15) is 22.4 Å². The van der Waals surface area contributed by atoms with Gasteiger partial charge < -0.3 is 4.57 Å². The fraction of sp³-hybridized carbons (Fsp3) is 0.0714. The summed E-state index contributed by atoms with van der Waals surface area (Å²) in [5.74, 6) is 0.955. The Balaban J connectivity index is 2.10. The summed E-state index contributed by atoms with van der Waals surface area (Å²) < 4.78 is 10.7. The Morgan fingerprint density at radius 2 is 1.79 bits per heavy atom. The Morgan fingerprint density at radius 1 is 0.947 bits per heavy atom. The summed E-state index contributed by atoms with van der Waals surface area (Å²) in [7, 11) is 2.03. The number of imidazole rings is 1. The standard InChI is InChI=1S/C14H10N4S/c1-18-11-8-7-10-12(17-19-16-10)13(11)15-14(18)9-5-3-2-4-6-9/h2-8H,1H3. The van der Waals surface area contributed by atoms with E-state index in [0.29, 0.717) is 0 Å². The highest BCUT2D eigenvalue weighted by Gasteiger charge is 2.13. The van der Waals surface area contributed by atoms with Gasteiger partial charge in [-0.3, -0.25) is 0 Å². The molecular formula is C14H10N4S. The van der Waals surface area contributed by atoms with Gasteiger partial charge in [-0.1, -0.05) is 30.3 Å². The molecule has 0 amide bonds. The van der Waals surface area contributed by atoms with Gasteiger partial charge in [-0.2, -0.15) is 8.75 Å². The molecule has 5 heteroatoms. The fourth-order valence-corrected chi connectivity index (χ4v) is 2.89. The van der Waals surface area contributed by atoms with Crippen molar-refractivity contribution in [1.82, 2.24) is 18.3 Å². The van der Waals surface area contributed by atoms with E-state index in [4.69, 9.17) is 4.98 Å². The van der Waals surface area contributed by atoms with E-state index in [2.05, 4.69) is 31.5 Å². The van der Waals surface area contributed by atoms with Crippen molar-refractivity contribution in [2.24, 2.45) is 7.05 Å². The molecule has 0 aliphatic rings. The maximum Gasteiger partial charge on any atom is 0.140 e. The van der Waals surface area contributed by atoms with Crippen LogP contribution >= 0.6 is 11.7 Å². The Labute approximate surface area is 113 Å². The molecule has 0 saturated carbocycles. The van der Waals surface area contributed by atoms with Crippen molar-refractivity contribution >= 4 is 33.8 Å². The maximum atomic E-state index is 4.75. The first-order valence-electron chi connectivity index (χ1n) is 5.98. The second-order valence-electron chi connectivity index (χ2n) is 4.43. The number of benzene rings is 2. The highest BCUT2D eigenvalue weighted by Crippen LogP contribution is 2.28. The zero-order valence-electron chi connectivity index (χ0n) is 10.2. The highest BCUT2D eigenvalue weighted by atomic mass is 32.1. The van der Waals surface area contributed by atoms with E-state index in [1.807, 2.05) is 31.3 Å². The molecule has 0 radical (unpaired) electrons. The normalized spacial score (nSPS) is 11.4. The van der Waals surface area contributed by atoms with Crippen molar-refractivity contribution in [1.29, 1.82) is 0 Å². The number of rotatable bonds is 1. The molecule has 4 aromatic rings. The zero-order chi connectivity index (χ0) is 12.8. The minimum Gasteiger partial charge on any atom is -0.327 e. The summed E-state index contributed by atoms with van der Waals surface area (Å²) >= 11 is 1.23. The quantitative estimate of drug-likeness (QED) is 0.531. The molecule has 4 rings (SSSR count). The van der Waals surface area contributed by atoms with E-state index >= 15 is 0 Å². The van der Waals surface area contributed by atoms with Crippen LogP contribution in [0.4, 0.5) is 0 Å². The second kappa shape index (κ2) is 3.86. The lowest BCUT2D eigenvalue weighted by molar-refractivity contribution is 0.959. The molecule has 2 aromatic heterocycles. The molecule has 0 saturated heterocycles. The third-order valence-corrected chi connectivity index (χ3v) is 3.85. The van der Waals surface area contributed by atoms with Crippen molar-refractivity contribution in [2.45, 2.75) is 0 Å². The largest absolute Gasteiger partial charge is 0.327 e. The van der Waals surface area contributed by atoms with Crippen LogP contribution in [-0.2, 0) is 7.05 Å². The number of nitrogens with zero attached hydrogens (tertiary/aromatic N) is 4. The predicted molar refractivity (Wildman–Crippen MR) is 77.1 cm³/mol. The minimum atomic E-state index is 0.889. The summed E-state index contributed by atoms with van der Waals surface area (Å²) in [5, 5.41) is 0. The number of fused-ring (bicyclic) bond motifs is 3. The second-order valence-corrected chi connectivity index (χ2v) is 4.95. The minimum absolute atomic E-state index is 0.889. The Kier molecular flexibility index (Phi) is 2.16. The van der Waals surface area contributed by atoms with E-state index < -0.39 is 0 Å². The van der Waals surface area contributed by atoms with Crippen LogP contribution in [0.2, 0.25) is 0 Å². The van der Waals surface area contributed by atoms with E-state index in [1.165, 1.54) is 11.7 Å². The molecule has 92 valence electrons. The first kappa shape index (κ1) is 10.6. The fourth-order valence-electron chi connectivity index (χ4n) is 2.35. The summed E-state index contributed by atoms with van der Waals surface area (Å²) in [4.78, 5) is 4.75. The van der Waals surface area contributed by atoms with Gasteiger partial charge in [0.15, 0.2) is 0 Å². The molecule has 0 unspecified atom stereocenters. The highest BCUT2D eigenvalue weighted by molar-refractivity contribution is 7.00. The smallest absolute Gasteiger partial charge is 0.140 e. The lowest BCUT2D eigenvalue weighted by atomic mass is 10.2. The van der Waals surface area contributed by atoms with E-state index in [1.54, 1.807) is 0 Å². The van der Waals surface area contributed by atoms with E-state index in [9.17, 15) is 0 Å². The van der Waals surface area contributed by atoms with Gasteiger partial charge in [-0.15, -0.1) is 0 Å². The molecule has 0 fully saturated rings. The van der Waals surface area contributed by atoms with Crippen LogP contribution in [-0.4, -0.2) is 18.3 Å². The molecule has 0 N–H and O–H groups in total. The van der Waals surface area contributed by atoms with Crippen molar-refractivity contribution in [3.63, 3.8) is 0 Å². The van der Waals surface area contributed by atoms with Crippen molar-refractivity contribution in [3.05, 3.63) is 42.5 Å². The predicted octanol–water partition coefficient (Wildman–Crippen LogP) is 3.25. The lowest BCUT2D eigenvalue weighted by Crippen LogP contribution is -1.91. The van der Waals surface area contributed by atoms with Gasteiger partial charge in [-0.25, -0.2) is 4.98 Å². The van der Waals surface area contributed by atoms with E-state index in [0.717, 1.165) is 33.5 Å². The molecule has 2 aromatic carbocycles. The average Bonchev–Trinajstić information content (AvgIpc) is 3.04. The third kappa shape index (κ3) is 1.48. The molecule has 2 heterocycles. The first-order chi connectivity index (χ1) is 9.34. The molecule has 4 nitrogen and oxygen atoms in total. The molecule has 0 atom stereocenters. The maximum absolute atomic E-state index is 4.75. The number of hydrogen-bond donors (Lipinski definition) is 0. The van der Waals surface area contributed by atoms with Crippen molar-refractivity contribution in [3.8, 4) is 11.4 Å². The molecule has 0 aliphatic heterocycles. The van der Waals surface area contributed by atoms with Crippen LogP contribution in [0.5, 0.6) is 0 Å². The molecule has 19 heavy (non-hydrogen) atoms. The average molecular weight is 266 g/mol. The van der Waals surface area contributed by atoms with Crippen LogP contribution < -0.4 is 0 Å². The monoisotopic (exact) mass is 266 g/mol. The number of aromatic nitrogens is 4. The summed E-state index contributed by atoms with van der Waals surface area (Å²) in [5.41, 5.74) is 4.92. The van der Waals surface area contributed by atoms with Gasteiger partial charge >= 0.3 is 0 Å². The zero-order valence-corrected chi connectivity index (χ0v) is 11.1. The van der Waals surface area contributed by atoms with E-state index in [-0.39, 0.29) is 0 Å². The summed E-state index contributed by atoms with van der Waals surface area (Å²) in [6.45, 7) is 0.